The van der Waals surface area contributed by atoms with Gasteiger partial charge in [-0.25, -0.2) is 4.98 Å². The Bertz CT molecular complexity index is 549. The van der Waals surface area contributed by atoms with E-state index < -0.39 is 0 Å². The number of hydrogen-bond donors (Lipinski definition) is 0. The largest absolute Gasteiger partial charge is 0.375 e. The molecule has 2 aromatic rings. The lowest BCUT2D eigenvalue weighted by atomic mass is 10.2. The summed E-state index contributed by atoms with van der Waals surface area (Å²) in [6.07, 6.45) is 1.97. The van der Waals surface area contributed by atoms with Crippen molar-refractivity contribution in [3.8, 4) is 0 Å². The van der Waals surface area contributed by atoms with Crippen LogP contribution in [-0.4, -0.2) is 27.6 Å². The first-order chi connectivity index (χ1) is 9.79. The summed E-state index contributed by atoms with van der Waals surface area (Å²) in [5.41, 5.74) is 2.60. The zero-order chi connectivity index (χ0) is 13.9. The average Bonchev–Trinajstić information content (AvgIpc) is 3.09. The second-order valence-electron chi connectivity index (χ2n) is 5.17. The summed E-state index contributed by atoms with van der Waals surface area (Å²) in [5, 5.41) is 4.37. The van der Waals surface area contributed by atoms with Gasteiger partial charge in [-0.1, -0.05) is 0 Å². The van der Waals surface area contributed by atoms with Gasteiger partial charge in [0.25, 0.3) is 0 Å². The third kappa shape index (κ3) is 2.66. The Kier molecular flexibility index (Phi) is 4.19. The molecule has 1 atom stereocenters. The van der Waals surface area contributed by atoms with Crippen molar-refractivity contribution in [1.82, 2.24) is 14.5 Å². The van der Waals surface area contributed by atoms with E-state index in [1.165, 1.54) is 17.1 Å². The predicted molar refractivity (Wildman–Crippen MR) is 80.7 cm³/mol. The summed E-state index contributed by atoms with van der Waals surface area (Å²) in [7, 11) is 0. The molecule has 0 amide bonds. The Morgan fingerprint density at radius 2 is 2.35 bits per heavy atom. The summed E-state index contributed by atoms with van der Waals surface area (Å²) in [6, 6.07) is 2.57. The second kappa shape index (κ2) is 6.08. The molecule has 20 heavy (non-hydrogen) atoms. The van der Waals surface area contributed by atoms with Crippen molar-refractivity contribution < 1.29 is 4.74 Å². The average molecular weight is 291 g/mol. The van der Waals surface area contributed by atoms with Gasteiger partial charge in [0.2, 0.25) is 0 Å². The van der Waals surface area contributed by atoms with Gasteiger partial charge in [0.05, 0.1) is 24.5 Å². The standard InChI is InChI=1S/C15H21N3OS/c1-3-19-10-14-8-16-15-12(2)17(5-6-18(14)15)9-13-4-7-20-11-13/h4,7-8,11-12H,3,5-6,9-10H2,1-2H3. The lowest BCUT2D eigenvalue weighted by molar-refractivity contribution is 0.119. The predicted octanol–water partition coefficient (Wildman–Crippen LogP) is 3.06. The molecule has 0 spiro atoms. The minimum Gasteiger partial charge on any atom is -0.375 e. The highest BCUT2D eigenvalue weighted by Crippen LogP contribution is 2.27. The van der Waals surface area contributed by atoms with Crippen molar-refractivity contribution in [2.75, 3.05) is 13.2 Å². The number of rotatable bonds is 5. The molecule has 4 nitrogen and oxygen atoms in total. The topological polar surface area (TPSA) is 30.3 Å². The first kappa shape index (κ1) is 13.8. The maximum absolute atomic E-state index is 5.52. The zero-order valence-corrected chi connectivity index (χ0v) is 12.9. The monoisotopic (exact) mass is 291 g/mol. The highest BCUT2D eigenvalue weighted by molar-refractivity contribution is 7.07. The van der Waals surface area contributed by atoms with Gasteiger partial charge in [0.15, 0.2) is 0 Å². The Morgan fingerprint density at radius 3 is 3.10 bits per heavy atom. The van der Waals surface area contributed by atoms with Crippen LogP contribution in [0, 0.1) is 0 Å². The van der Waals surface area contributed by atoms with Gasteiger partial charge in [0.1, 0.15) is 5.82 Å². The molecule has 0 saturated carbocycles. The van der Waals surface area contributed by atoms with Gasteiger partial charge in [-0.05, 0) is 36.2 Å². The number of ether oxygens (including phenoxy) is 1. The van der Waals surface area contributed by atoms with Crippen LogP contribution in [0.3, 0.4) is 0 Å². The fourth-order valence-electron chi connectivity index (χ4n) is 2.76. The maximum atomic E-state index is 5.52. The molecule has 2 aromatic heterocycles. The quantitative estimate of drug-likeness (QED) is 0.848. The Balaban J connectivity index is 1.74. The fraction of sp³-hybridized carbons (Fsp3) is 0.533. The number of imidazole rings is 1. The summed E-state index contributed by atoms with van der Waals surface area (Å²) >= 11 is 1.76. The lowest BCUT2D eigenvalue weighted by Crippen LogP contribution is -2.37. The third-order valence-electron chi connectivity index (χ3n) is 3.92. The van der Waals surface area contributed by atoms with Crippen LogP contribution in [-0.2, 0) is 24.4 Å². The van der Waals surface area contributed by atoms with Gasteiger partial charge in [0, 0.05) is 26.2 Å². The summed E-state index contributed by atoms with van der Waals surface area (Å²) < 4.78 is 7.84. The van der Waals surface area contributed by atoms with Crippen LogP contribution in [0.2, 0.25) is 0 Å². The van der Waals surface area contributed by atoms with Gasteiger partial charge < -0.3 is 9.30 Å². The highest BCUT2D eigenvalue weighted by atomic mass is 32.1. The van der Waals surface area contributed by atoms with Crippen molar-refractivity contribution in [1.29, 1.82) is 0 Å². The van der Waals surface area contributed by atoms with Crippen LogP contribution < -0.4 is 0 Å². The smallest absolute Gasteiger partial charge is 0.126 e. The van der Waals surface area contributed by atoms with Crippen LogP contribution in [0.5, 0.6) is 0 Å². The normalized spacial score (nSPS) is 19.2. The molecule has 3 heterocycles. The molecule has 1 aliphatic heterocycles. The van der Waals surface area contributed by atoms with Crippen molar-refractivity contribution in [3.63, 3.8) is 0 Å². The van der Waals surface area contributed by atoms with E-state index in [0.29, 0.717) is 12.6 Å². The molecule has 0 aromatic carbocycles. The molecule has 0 N–H and O–H groups in total. The third-order valence-corrected chi connectivity index (χ3v) is 4.65. The van der Waals surface area contributed by atoms with E-state index in [0.717, 1.165) is 26.2 Å². The summed E-state index contributed by atoms with van der Waals surface area (Å²) in [5.74, 6) is 1.17. The number of thiophene rings is 1. The lowest BCUT2D eigenvalue weighted by Gasteiger charge is -2.34. The van der Waals surface area contributed by atoms with Crippen LogP contribution >= 0.6 is 11.3 Å². The van der Waals surface area contributed by atoms with Crippen molar-refractivity contribution in [2.24, 2.45) is 0 Å². The van der Waals surface area contributed by atoms with Crippen molar-refractivity contribution in [3.05, 3.63) is 40.1 Å². The first-order valence-electron chi connectivity index (χ1n) is 7.16. The Hall–Kier alpha value is -1.17. The molecule has 1 unspecified atom stereocenters. The SMILES string of the molecule is CCOCc1cnc2n1CCN(Cc1ccsc1)C2C. The number of nitrogens with zero attached hydrogens (tertiary/aromatic N) is 3. The van der Waals surface area contributed by atoms with E-state index in [9.17, 15) is 0 Å². The molecule has 0 saturated heterocycles. The minimum atomic E-state index is 0.360. The van der Waals surface area contributed by atoms with E-state index in [1.54, 1.807) is 11.3 Å². The molecular weight excluding hydrogens is 270 g/mol. The van der Waals surface area contributed by atoms with E-state index >= 15 is 0 Å². The van der Waals surface area contributed by atoms with Crippen LogP contribution in [0.1, 0.15) is 37.0 Å². The van der Waals surface area contributed by atoms with Gasteiger partial charge >= 0.3 is 0 Å². The van der Waals surface area contributed by atoms with E-state index in [1.807, 2.05) is 13.1 Å². The van der Waals surface area contributed by atoms with E-state index in [4.69, 9.17) is 4.74 Å². The molecule has 5 heteroatoms. The fourth-order valence-corrected chi connectivity index (χ4v) is 3.42. The molecule has 0 aliphatic carbocycles. The number of aromatic nitrogens is 2. The second-order valence-corrected chi connectivity index (χ2v) is 5.95. The Morgan fingerprint density at radius 1 is 1.45 bits per heavy atom. The van der Waals surface area contributed by atoms with Crippen LogP contribution in [0.4, 0.5) is 0 Å². The molecule has 0 fully saturated rings. The van der Waals surface area contributed by atoms with Gasteiger partial charge in [-0.2, -0.15) is 11.3 Å². The summed E-state index contributed by atoms with van der Waals surface area (Å²) in [4.78, 5) is 7.11. The number of hydrogen-bond acceptors (Lipinski definition) is 4. The highest BCUT2D eigenvalue weighted by Gasteiger charge is 2.26. The first-order valence-corrected chi connectivity index (χ1v) is 8.11. The number of fused-ring (bicyclic) bond motifs is 1. The molecular formula is C15H21N3OS. The maximum Gasteiger partial charge on any atom is 0.126 e. The molecule has 3 rings (SSSR count). The van der Waals surface area contributed by atoms with Crippen molar-refractivity contribution in [2.45, 2.75) is 39.6 Å². The van der Waals surface area contributed by atoms with Gasteiger partial charge in [-0.3, -0.25) is 4.90 Å². The molecule has 1 aliphatic rings. The van der Waals surface area contributed by atoms with Crippen LogP contribution in [0.15, 0.2) is 23.0 Å². The van der Waals surface area contributed by atoms with Crippen molar-refractivity contribution >= 4 is 11.3 Å². The summed E-state index contributed by atoms with van der Waals surface area (Å²) in [6.45, 7) is 8.78. The molecule has 0 radical (unpaired) electrons. The Labute approximate surface area is 124 Å². The minimum absolute atomic E-state index is 0.360. The molecule has 0 bridgehead atoms. The zero-order valence-electron chi connectivity index (χ0n) is 12.1. The molecule has 108 valence electrons. The van der Waals surface area contributed by atoms with Gasteiger partial charge in [-0.15, -0.1) is 0 Å². The van der Waals surface area contributed by atoms with E-state index in [-0.39, 0.29) is 0 Å². The van der Waals surface area contributed by atoms with E-state index in [2.05, 4.69) is 38.2 Å². The van der Waals surface area contributed by atoms with Crippen LogP contribution in [0.25, 0.3) is 0 Å².